The summed E-state index contributed by atoms with van der Waals surface area (Å²) >= 11 is 0. The van der Waals surface area contributed by atoms with Gasteiger partial charge in [-0.25, -0.2) is 5.43 Å². The molecule has 3 nitrogen and oxygen atoms in total. The van der Waals surface area contributed by atoms with Crippen LogP contribution < -0.4 is 10.9 Å². The minimum atomic E-state index is -0.0972. The second-order valence-corrected chi connectivity index (χ2v) is 3.31. The van der Waals surface area contributed by atoms with E-state index in [1.54, 1.807) is 0 Å². The lowest BCUT2D eigenvalue weighted by atomic mass is 10.0. The summed E-state index contributed by atoms with van der Waals surface area (Å²) in [6.45, 7) is 5.18. The zero-order chi connectivity index (χ0) is 11.1. The molecular weight excluding hydrogens is 188 g/mol. The van der Waals surface area contributed by atoms with E-state index in [0.29, 0.717) is 0 Å². The maximum Gasteiger partial charge on any atom is 0.230 e. The van der Waals surface area contributed by atoms with E-state index in [1.807, 2.05) is 36.4 Å². The standard InChI is InChI=1S/C12H16N2O/c1-3-7-12(14-13-10(2)15)11-8-5-4-6-9-11/h3-6,8-9,12,14H,1,7H2,2H3,(H,13,15)/t12-/m1/s1. The third-order valence-corrected chi connectivity index (χ3v) is 2.03. The van der Waals surface area contributed by atoms with Crippen LogP contribution in [0.3, 0.4) is 0 Å². The molecule has 15 heavy (non-hydrogen) atoms. The first-order chi connectivity index (χ1) is 7.24. The summed E-state index contributed by atoms with van der Waals surface area (Å²) in [5, 5.41) is 0. The van der Waals surface area contributed by atoms with Gasteiger partial charge in [0.25, 0.3) is 0 Å². The van der Waals surface area contributed by atoms with Gasteiger partial charge in [-0.15, -0.1) is 6.58 Å². The molecule has 0 unspecified atom stereocenters. The lowest BCUT2D eigenvalue weighted by Gasteiger charge is -2.17. The Balaban J connectivity index is 2.65. The lowest BCUT2D eigenvalue weighted by molar-refractivity contribution is -0.120. The normalized spacial score (nSPS) is 11.8. The molecule has 0 aliphatic carbocycles. The minimum absolute atomic E-state index is 0.0765. The van der Waals surface area contributed by atoms with E-state index in [1.165, 1.54) is 6.92 Å². The van der Waals surface area contributed by atoms with Gasteiger partial charge in [0, 0.05) is 6.92 Å². The van der Waals surface area contributed by atoms with E-state index in [4.69, 9.17) is 0 Å². The number of amides is 1. The van der Waals surface area contributed by atoms with Crippen LogP contribution in [-0.4, -0.2) is 5.91 Å². The zero-order valence-corrected chi connectivity index (χ0v) is 8.86. The average molecular weight is 204 g/mol. The van der Waals surface area contributed by atoms with Crippen molar-refractivity contribution in [1.82, 2.24) is 10.9 Å². The van der Waals surface area contributed by atoms with E-state index in [0.717, 1.165) is 12.0 Å². The fourth-order valence-corrected chi connectivity index (χ4v) is 1.32. The van der Waals surface area contributed by atoms with Crippen LogP contribution in [0.15, 0.2) is 43.0 Å². The predicted octanol–water partition coefficient (Wildman–Crippen LogP) is 1.94. The third-order valence-electron chi connectivity index (χ3n) is 2.03. The van der Waals surface area contributed by atoms with Gasteiger partial charge < -0.3 is 0 Å². The van der Waals surface area contributed by atoms with Gasteiger partial charge in [0.15, 0.2) is 0 Å². The monoisotopic (exact) mass is 204 g/mol. The van der Waals surface area contributed by atoms with Crippen molar-refractivity contribution in [3.05, 3.63) is 48.6 Å². The Morgan fingerprint density at radius 1 is 1.47 bits per heavy atom. The van der Waals surface area contributed by atoms with Gasteiger partial charge in [-0.05, 0) is 12.0 Å². The Morgan fingerprint density at radius 2 is 2.13 bits per heavy atom. The van der Waals surface area contributed by atoms with Crippen molar-refractivity contribution < 1.29 is 4.79 Å². The molecule has 1 amide bonds. The van der Waals surface area contributed by atoms with Crippen LogP contribution in [0.1, 0.15) is 24.9 Å². The molecule has 0 heterocycles. The fourth-order valence-electron chi connectivity index (χ4n) is 1.32. The zero-order valence-electron chi connectivity index (χ0n) is 8.86. The molecule has 0 saturated carbocycles. The summed E-state index contributed by atoms with van der Waals surface area (Å²) in [5.41, 5.74) is 6.69. The van der Waals surface area contributed by atoms with Gasteiger partial charge in [0.1, 0.15) is 0 Å². The highest BCUT2D eigenvalue weighted by Crippen LogP contribution is 2.15. The molecule has 1 aromatic carbocycles. The molecule has 0 saturated heterocycles. The molecule has 3 heteroatoms. The van der Waals surface area contributed by atoms with Gasteiger partial charge in [-0.1, -0.05) is 36.4 Å². The molecule has 80 valence electrons. The Kier molecular flexibility index (Phi) is 4.57. The highest BCUT2D eigenvalue weighted by Gasteiger charge is 2.08. The molecule has 0 aromatic heterocycles. The predicted molar refractivity (Wildman–Crippen MR) is 60.9 cm³/mol. The largest absolute Gasteiger partial charge is 0.291 e. The SMILES string of the molecule is C=CC[C@@H](NNC(C)=O)c1ccccc1. The molecule has 0 aliphatic rings. The summed E-state index contributed by atoms with van der Waals surface area (Å²) < 4.78 is 0. The number of carbonyl (C=O) groups is 1. The quantitative estimate of drug-likeness (QED) is 0.568. The first kappa shape index (κ1) is 11.5. The molecule has 1 rings (SSSR count). The summed E-state index contributed by atoms with van der Waals surface area (Å²) in [6.07, 6.45) is 2.59. The smallest absolute Gasteiger partial charge is 0.230 e. The number of nitrogens with one attached hydrogen (secondary N) is 2. The Bertz CT molecular complexity index is 322. The van der Waals surface area contributed by atoms with Crippen LogP contribution in [-0.2, 0) is 4.79 Å². The van der Waals surface area contributed by atoms with Gasteiger partial charge in [-0.3, -0.25) is 10.2 Å². The van der Waals surface area contributed by atoms with E-state index >= 15 is 0 Å². The summed E-state index contributed by atoms with van der Waals surface area (Å²) in [5.74, 6) is -0.0972. The van der Waals surface area contributed by atoms with Crippen LogP contribution in [0, 0.1) is 0 Å². The van der Waals surface area contributed by atoms with Crippen molar-refractivity contribution >= 4 is 5.91 Å². The van der Waals surface area contributed by atoms with Crippen LogP contribution in [0.2, 0.25) is 0 Å². The van der Waals surface area contributed by atoms with Gasteiger partial charge in [-0.2, -0.15) is 0 Å². The van der Waals surface area contributed by atoms with E-state index < -0.39 is 0 Å². The van der Waals surface area contributed by atoms with Crippen molar-refractivity contribution in [3.63, 3.8) is 0 Å². The van der Waals surface area contributed by atoms with E-state index in [9.17, 15) is 4.79 Å². The topological polar surface area (TPSA) is 41.1 Å². The van der Waals surface area contributed by atoms with Crippen molar-refractivity contribution in [2.45, 2.75) is 19.4 Å². The first-order valence-electron chi connectivity index (χ1n) is 4.92. The number of hydrazine groups is 1. The molecule has 0 radical (unpaired) electrons. The van der Waals surface area contributed by atoms with Crippen molar-refractivity contribution in [2.24, 2.45) is 0 Å². The average Bonchev–Trinajstić information content (AvgIpc) is 2.25. The molecule has 1 aromatic rings. The van der Waals surface area contributed by atoms with Crippen LogP contribution in [0.4, 0.5) is 0 Å². The van der Waals surface area contributed by atoms with E-state index in [2.05, 4.69) is 17.4 Å². The Labute approximate surface area is 90.2 Å². The summed E-state index contributed by atoms with van der Waals surface area (Å²) in [7, 11) is 0. The second kappa shape index (κ2) is 5.98. The molecular formula is C12H16N2O. The van der Waals surface area contributed by atoms with Crippen molar-refractivity contribution in [2.75, 3.05) is 0 Å². The van der Waals surface area contributed by atoms with Gasteiger partial charge >= 0.3 is 0 Å². The lowest BCUT2D eigenvalue weighted by Crippen LogP contribution is -2.38. The third kappa shape index (κ3) is 3.95. The molecule has 1 atom stereocenters. The molecule has 0 bridgehead atoms. The molecule has 0 spiro atoms. The number of hydrogen-bond acceptors (Lipinski definition) is 2. The number of hydrogen-bond donors (Lipinski definition) is 2. The van der Waals surface area contributed by atoms with E-state index in [-0.39, 0.29) is 11.9 Å². The highest BCUT2D eigenvalue weighted by molar-refractivity contribution is 5.72. The molecule has 0 aliphatic heterocycles. The number of carbonyl (C=O) groups excluding carboxylic acids is 1. The van der Waals surface area contributed by atoms with Crippen LogP contribution in [0.25, 0.3) is 0 Å². The number of benzene rings is 1. The maximum absolute atomic E-state index is 10.8. The van der Waals surface area contributed by atoms with Crippen LogP contribution in [0.5, 0.6) is 0 Å². The van der Waals surface area contributed by atoms with Crippen LogP contribution >= 0.6 is 0 Å². The minimum Gasteiger partial charge on any atom is -0.291 e. The Hall–Kier alpha value is -1.61. The first-order valence-corrected chi connectivity index (χ1v) is 4.92. The molecule has 0 fully saturated rings. The summed E-state index contributed by atoms with van der Waals surface area (Å²) in [4.78, 5) is 10.8. The highest BCUT2D eigenvalue weighted by atomic mass is 16.2. The second-order valence-electron chi connectivity index (χ2n) is 3.31. The summed E-state index contributed by atoms with van der Waals surface area (Å²) in [6, 6.07) is 10.0. The van der Waals surface area contributed by atoms with Crippen molar-refractivity contribution in [1.29, 1.82) is 0 Å². The van der Waals surface area contributed by atoms with Gasteiger partial charge in [0.05, 0.1) is 6.04 Å². The number of rotatable bonds is 5. The Morgan fingerprint density at radius 3 is 2.67 bits per heavy atom. The van der Waals surface area contributed by atoms with Crippen molar-refractivity contribution in [3.8, 4) is 0 Å². The fraction of sp³-hybridized carbons (Fsp3) is 0.250. The van der Waals surface area contributed by atoms with Gasteiger partial charge in [0.2, 0.25) is 5.91 Å². The maximum atomic E-state index is 10.8. The molecule has 2 N–H and O–H groups in total.